The number of allylic oxidation sites excluding steroid dienone is 2. The zero-order valence-corrected chi connectivity index (χ0v) is 9.52. The van der Waals surface area contributed by atoms with Gasteiger partial charge >= 0.3 is 0 Å². The Morgan fingerprint density at radius 3 is 2.93 bits per heavy atom. The van der Waals surface area contributed by atoms with Gasteiger partial charge in [-0.2, -0.15) is 0 Å². The largest absolute Gasteiger partial charge is 0.264 e. The molecule has 0 radical (unpaired) electrons. The molecule has 2 heterocycles. The molecule has 0 atom stereocenters. The third-order valence-electron chi connectivity index (χ3n) is 2.41. The smallest absolute Gasteiger partial charge is 0.0671 e. The van der Waals surface area contributed by atoms with Crippen molar-refractivity contribution in [1.29, 1.82) is 0 Å². The van der Waals surface area contributed by atoms with Crippen LogP contribution < -0.4 is 0 Å². The van der Waals surface area contributed by atoms with Gasteiger partial charge in [0.2, 0.25) is 0 Å². The van der Waals surface area contributed by atoms with Gasteiger partial charge in [0.05, 0.1) is 5.69 Å². The number of nitrogens with zero attached hydrogens (tertiary/aromatic N) is 2. The summed E-state index contributed by atoms with van der Waals surface area (Å²) in [6.07, 6.45) is 8.72. The number of hydrogen-bond donors (Lipinski definition) is 0. The van der Waals surface area contributed by atoms with Crippen molar-refractivity contribution in [2.45, 2.75) is 6.42 Å². The van der Waals surface area contributed by atoms with Crippen LogP contribution in [-0.2, 0) is 6.42 Å². The van der Waals surface area contributed by atoms with Crippen molar-refractivity contribution in [2.24, 2.45) is 4.99 Å². The second-order valence-corrected chi connectivity index (χ2v) is 3.26. The Morgan fingerprint density at radius 1 is 1.20 bits per heavy atom. The second-order valence-electron chi connectivity index (χ2n) is 3.26. The highest BCUT2D eigenvalue weighted by Crippen LogP contribution is 2.27. The molecule has 0 saturated heterocycles. The van der Waals surface area contributed by atoms with Crippen molar-refractivity contribution in [3.63, 3.8) is 0 Å². The summed E-state index contributed by atoms with van der Waals surface area (Å²) in [5.41, 5.74) is 4.90. The monoisotopic (exact) mass is 240 g/mol. The van der Waals surface area contributed by atoms with E-state index in [1.807, 2.05) is 24.7 Å². The van der Waals surface area contributed by atoms with Gasteiger partial charge in [-0.1, -0.05) is 6.07 Å². The van der Waals surface area contributed by atoms with Crippen LogP contribution in [0.5, 0.6) is 0 Å². The molecular weight excluding hydrogens is 231 g/mol. The lowest BCUT2D eigenvalue weighted by Gasteiger charge is -2.12. The normalized spacial score (nSPS) is 15.2. The molecule has 78 valence electrons. The van der Waals surface area contributed by atoms with Crippen LogP contribution in [-0.4, -0.2) is 11.2 Å². The first-order valence-corrected chi connectivity index (χ1v) is 4.32. The lowest BCUT2D eigenvalue weighted by Crippen LogP contribution is -2.02. The molecule has 0 amide bonds. The molecule has 0 aromatic carbocycles. The van der Waals surface area contributed by atoms with Crippen molar-refractivity contribution in [3.05, 3.63) is 46.9 Å². The molecule has 2 aliphatic rings. The Balaban J connectivity index is 0.000000562. The molecule has 0 fully saturated rings. The summed E-state index contributed by atoms with van der Waals surface area (Å²) < 4.78 is 0. The SMILES string of the molecule is C1=NC=C2Cc3cccnc3C=C12.Cl.Cl. The first kappa shape index (κ1) is 12.0. The van der Waals surface area contributed by atoms with Crippen LogP contribution in [0.15, 0.2) is 40.7 Å². The number of aromatic nitrogens is 1. The number of hydrogen-bond acceptors (Lipinski definition) is 2. The van der Waals surface area contributed by atoms with E-state index in [1.54, 1.807) is 0 Å². The Kier molecular flexibility index (Phi) is 3.66. The predicted molar refractivity (Wildman–Crippen MR) is 67.0 cm³/mol. The fraction of sp³-hybridized carbons (Fsp3) is 0.0909. The van der Waals surface area contributed by atoms with Gasteiger partial charge in [0, 0.05) is 25.0 Å². The van der Waals surface area contributed by atoms with Crippen molar-refractivity contribution in [2.75, 3.05) is 0 Å². The molecule has 1 aromatic rings. The summed E-state index contributed by atoms with van der Waals surface area (Å²) in [4.78, 5) is 8.44. The Morgan fingerprint density at radius 2 is 2.07 bits per heavy atom. The van der Waals surface area contributed by atoms with E-state index in [1.165, 1.54) is 16.7 Å². The lowest BCUT2D eigenvalue weighted by molar-refractivity contribution is 1.10. The number of fused-ring (bicyclic) bond motifs is 2. The third kappa shape index (κ3) is 1.96. The molecule has 1 aliphatic heterocycles. The van der Waals surface area contributed by atoms with Gasteiger partial charge < -0.3 is 0 Å². The summed E-state index contributed by atoms with van der Waals surface area (Å²) >= 11 is 0. The van der Waals surface area contributed by atoms with E-state index in [0.717, 1.165) is 12.1 Å². The highest BCUT2D eigenvalue weighted by molar-refractivity contribution is 5.95. The number of pyridine rings is 1. The van der Waals surface area contributed by atoms with Crippen molar-refractivity contribution in [1.82, 2.24) is 4.98 Å². The summed E-state index contributed by atoms with van der Waals surface area (Å²) in [6.45, 7) is 0. The van der Waals surface area contributed by atoms with E-state index in [0.29, 0.717) is 0 Å². The van der Waals surface area contributed by atoms with Gasteiger partial charge in [-0.15, -0.1) is 24.8 Å². The van der Waals surface area contributed by atoms with E-state index in [4.69, 9.17) is 0 Å². The maximum atomic E-state index is 4.31. The maximum Gasteiger partial charge on any atom is 0.0671 e. The van der Waals surface area contributed by atoms with Gasteiger partial charge in [0.1, 0.15) is 0 Å². The van der Waals surface area contributed by atoms with Crippen LogP contribution in [0.3, 0.4) is 0 Å². The standard InChI is InChI=1S/C11H8N2.2ClH/c1-2-8-4-9-6-12-7-10(9)5-11(8)13-3-1;;/h1-3,5-7H,4H2;2*1H. The molecular formula is C11H10Cl2N2. The summed E-state index contributed by atoms with van der Waals surface area (Å²) in [5, 5.41) is 0. The van der Waals surface area contributed by atoms with Gasteiger partial charge in [-0.3, -0.25) is 9.98 Å². The van der Waals surface area contributed by atoms with Gasteiger partial charge in [0.25, 0.3) is 0 Å². The molecule has 15 heavy (non-hydrogen) atoms. The van der Waals surface area contributed by atoms with E-state index in [-0.39, 0.29) is 24.8 Å². The van der Waals surface area contributed by atoms with Crippen molar-refractivity contribution < 1.29 is 0 Å². The van der Waals surface area contributed by atoms with Crippen molar-refractivity contribution in [3.8, 4) is 0 Å². The van der Waals surface area contributed by atoms with Crippen LogP contribution >= 0.6 is 24.8 Å². The topological polar surface area (TPSA) is 25.2 Å². The number of aliphatic imine (C=N–C) groups is 1. The zero-order valence-electron chi connectivity index (χ0n) is 7.88. The molecule has 2 nitrogen and oxygen atoms in total. The highest BCUT2D eigenvalue weighted by atomic mass is 35.5. The first-order valence-electron chi connectivity index (χ1n) is 4.32. The van der Waals surface area contributed by atoms with Gasteiger partial charge in [-0.05, 0) is 28.9 Å². The average Bonchev–Trinajstić information content (AvgIpc) is 2.61. The fourth-order valence-corrected chi connectivity index (χ4v) is 1.73. The highest BCUT2D eigenvalue weighted by Gasteiger charge is 2.16. The van der Waals surface area contributed by atoms with Crippen LogP contribution in [0.1, 0.15) is 11.3 Å². The quantitative estimate of drug-likeness (QED) is 0.685. The molecule has 0 saturated carbocycles. The minimum absolute atomic E-state index is 0. The first-order chi connectivity index (χ1) is 6.43. The third-order valence-corrected chi connectivity index (χ3v) is 2.41. The lowest BCUT2D eigenvalue weighted by atomic mass is 9.93. The molecule has 0 bridgehead atoms. The molecule has 4 heteroatoms. The summed E-state index contributed by atoms with van der Waals surface area (Å²) in [6, 6.07) is 4.10. The van der Waals surface area contributed by atoms with E-state index in [2.05, 4.69) is 22.1 Å². The van der Waals surface area contributed by atoms with Gasteiger partial charge in [0.15, 0.2) is 0 Å². The van der Waals surface area contributed by atoms with Gasteiger partial charge in [-0.25, -0.2) is 0 Å². The van der Waals surface area contributed by atoms with E-state index < -0.39 is 0 Å². The summed E-state index contributed by atoms with van der Waals surface area (Å²) in [7, 11) is 0. The minimum atomic E-state index is 0. The predicted octanol–water partition coefficient (Wildman–Crippen LogP) is 2.83. The molecule has 0 N–H and O–H groups in total. The number of rotatable bonds is 0. The Labute approximate surface area is 101 Å². The minimum Gasteiger partial charge on any atom is -0.264 e. The van der Waals surface area contributed by atoms with Crippen LogP contribution in [0.2, 0.25) is 0 Å². The molecule has 1 aliphatic carbocycles. The number of halogens is 2. The maximum absolute atomic E-state index is 4.31. The van der Waals surface area contributed by atoms with Crippen LogP contribution in [0.4, 0.5) is 0 Å². The average molecular weight is 241 g/mol. The van der Waals surface area contributed by atoms with Crippen LogP contribution in [0.25, 0.3) is 6.08 Å². The van der Waals surface area contributed by atoms with E-state index in [9.17, 15) is 0 Å². The Hall–Kier alpha value is -1.12. The van der Waals surface area contributed by atoms with E-state index >= 15 is 0 Å². The summed E-state index contributed by atoms with van der Waals surface area (Å²) in [5.74, 6) is 0. The fourth-order valence-electron chi connectivity index (χ4n) is 1.73. The van der Waals surface area contributed by atoms with Crippen LogP contribution in [0, 0.1) is 0 Å². The second kappa shape index (κ2) is 4.60. The molecule has 1 aromatic heterocycles. The molecule has 0 spiro atoms. The van der Waals surface area contributed by atoms with Crippen molar-refractivity contribution >= 4 is 37.1 Å². The zero-order chi connectivity index (χ0) is 8.67. The molecule has 0 unspecified atom stereocenters. The molecule has 3 rings (SSSR count). The Bertz CT molecular complexity index is 461.